The van der Waals surface area contributed by atoms with E-state index in [9.17, 15) is 4.79 Å². The van der Waals surface area contributed by atoms with Crippen LogP contribution in [0.15, 0.2) is 30.3 Å². The molecule has 0 aliphatic heterocycles. The first-order valence-corrected chi connectivity index (χ1v) is 5.83. The molecule has 2 nitrogen and oxygen atoms in total. The van der Waals surface area contributed by atoms with Gasteiger partial charge >= 0.3 is 0 Å². The van der Waals surface area contributed by atoms with E-state index in [0.717, 1.165) is 24.0 Å². The molecule has 0 saturated heterocycles. The zero-order chi connectivity index (χ0) is 11.8. The fourth-order valence-electron chi connectivity index (χ4n) is 1.48. The molecule has 1 aromatic rings. The summed E-state index contributed by atoms with van der Waals surface area (Å²) in [6.45, 7) is 4.72. The highest BCUT2D eigenvalue weighted by molar-refractivity contribution is 5.97. The van der Waals surface area contributed by atoms with Crippen molar-refractivity contribution < 1.29 is 4.79 Å². The molecule has 0 aliphatic carbocycles. The Morgan fingerprint density at radius 1 is 1.31 bits per heavy atom. The SMILES string of the molecule is CCC/C=C/c1ccccc1C(=O)NCC. The molecule has 0 aliphatic rings. The van der Waals surface area contributed by atoms with Crippen LogP contribution >= 0.6 is 0 Å². The summed E-state index contributed by atoms with van der Waals surface area (Å²) in [5.74, 6) is -0.000696. The second-order valence-electron chi connectivity index (χ2n) is 3.64. The molecular weight excluding hydrogens is 198 g/mol. The van der Waals surface area contributed by atoms with E-state index in [1.54, 1.807) is 0 Å². The third-order valence-electron chi connectivity index (χ3n) is 2.30. The van der Waals surface area contributed by atoms with Gasteiger partial charge in [-0.3, -0.25) is 4.79 Å². The molecule has 0 saturated carbocycles. The molecule has 1 rings (SSSR count). The normalized spacial score (nSPS) is 10.6. The highest BCUT2D eigenvalue weighted by Crippen LogP contribution is 2.11. The number of rotatable bonds is 5. The van der Waals surface area contributed by atoms with Gasteiger partial charge in [0.05, 0.1) is 0 Å². The van der Waals surface area contributed by atoms with E-state index >= 15 is 0 Å². The van der Waals surface area contributed by atoms with Gasteiger partial charge in [0.25, 0.3) is 5.91 Å². The van der Waals surface area contributed by atoms with Crippen molar-refractivity contribution >= 4 is 12.0 Å². The van der Waals surface area contributed by atoms with E-state index < -0.39 is 0 Å². The Kier molecular flexibility index (Phi) is 5.34. The van der Waals surface area contributed by atoms with Gasteiger partial charge in [-0.1, -0.05) is 43.7 Å². The fraction of sp³-hybridized carbons (Fsp3) is 0.357. The summed E-state index contributed by atoms with van der Waals surface area (Å²) in [6.07, 6.45) is 6.30. The minimum Gasteiger partial charge on any atom is -0.352 e. The van der Waals surface area contributed by atoms with E-state index in [1.165, 1.54) is 0 Å². The Hall–Kier alpha value is -1.57. The summed E-state index contributed by atoms with van der Waals surface area (Å²) in [7, 11) is 0. The minimum absolute atomic E-state index is 0.000696. The lowest BCUT2D eigenvalue weighted by molar-refractivity contribution is 0.0955. The van der Waals surface area contributed by atoms with Crippen LogP contribution in [-0.2, 0) is 0 Å². The number of carbonyl (C=O) groups excluding carboxylic acids is 1. The predicted octanol–water partition coefficient (Wildman–Crippen LogP) is 3.25. The van der Waals surface area contributed by atoms with Crippen LogP contribution < -0.4 is 5.32 Å². The molecule has 86 valence electrons. The van der Waals surface area contributed by atoms with Crippen molar-refractivity contribution in [1.82, 2.24) is 5.32 Å². The summed E-state index contributed by atoms with van der Waals surface area (Å²) < 4.78 is 0. The van der Waals surface area contributed by atoms with Crippen molar-refractivity contribution in [3.63, 3.8) is 0 Å². The number of nitrogens with one attached hydrogen (secondary N) is 1. The lowest BCUT2D eigenvalue weighted by Crippen LogP contribution is -2.23. The molecule has 0 heterocycles. The minimum atomic E-state index is -0.000696. The van der Waals surface area contributed by atoms with Gasteiger partial charge in [0.2, 0.25) is 0 Å². The quantitative estimate of drug-likeness (QED) is 0.806. The topological polar surface area (TPSA) is 29.1 Å². The third-order valence-corrected chi connectivity index (χ3v) is 2.30. The van der Waals surface area contributed by atoms with Crippen molar-refractivity contribution in [3.05, 3.63) is 41.5 Å². The smallest absolute Gasteiger partial charge is 0.251 e. The Morgan fingerprint density at radius 2 is 2.06 bits per heavy atom. The zero-order valence-corrected chi connectivity index (χ0v) is 9.99. The van der Waals surface area contributed by atoms with Crippen LogP contribution in [0.2, 0.25) is 0 Å². The van der Waals surface area contributed by atoms with Gasteiger partial charge in [-0.15, -0.1) is 0 Å². The van der Waals surface area contributed by atoms with E-state index in [0.29, 0.717) is 6.54 Å². The van der Waals surface area contributed by atoms with E-state index in [-0.39, 0.29) is 5.91 Å². The fourth-order valence-corrected chi connectivity index (χ4v) is 1.48. The van der Waals surface area contributed by atoms with E-state index in [4.69, 9.17) is 0 Å². The van der Waals surface area contributed by atoms with Gasteiger partial charge in [0.15, 0.2) is 0 Å². The maximum atomic E-state index is 11.8. The molecular formula is C14H19NO. The first-order chi connectivity index (χ1) is 7.79. The van der Waals surface area contributed by atoms with Crippen LogP contribution in [0.5, 0.6) is 0 Å². The van der Waals surface area contributed by atoms with E-state index in [2.05, 4.69) is 18.3 Å². The van der Waals surface area contributed by atoms with Crippen molar-refractivity contribution in [2.24, 2.45) is 0 Å². The summed E-state index contributed by atoms with van der Waals surface area (Å²) in [5, 5.41) is 2.82. The van der Waals surface area contributed by atoms with Gasteiger partial charge in [-0.05, 0) is 25.0 Å². The molecule has 0 fully saturated rings. The van der Waals surface area contributed by atoms with Crippen molar-refractivity contribution in [1.29, 1.82) is 0 Å². The Labute approximate surface area is 97.4 Å². The van der Waals surface area contributed by atoms with Crippen LogP contribution in [0.4, 0.5) is 0 Å². The molecule has 0 aromatic heterocycles. The summed E-state index contributed by atoms with van der Waals surface area (Å²) in [6, 6.07) is 7.67. The van der Waals surface area contributed by atoms with Gasteiger partial charge in [0, 0.05) is 12.1 Å². The van der Waals surface area contributed by atoms with Crippen molar-refractivity contribution in [2.45, 2.75) is 26.7 Å². The average molecular weight is 217 g/mol. The summed E-state index contributed by atoms with van der Waals surface area (Å²) in [4.78, 5) is 11.8. The highest BCUT2D eigenvalue weighted by Gasteiger charge is 2.06. The average Bonchev–Trinajstić information content (AvgIpc) is 2.30. The van der Waals surface area contributed by atoms with Gasteiger partial charge in [-0.2, -0.15) is 0 Å². The standard InChI is InChI=1S/C14H19NO/c1-3-5-6-9-12-10-7-8-11-13(12)14(16)15-4-2/h6-11H,3-5H2,1-2H3,(H,15,16)/b9-6+. The number of allylic oxidation sites excluding steroid dienone is 1. The van der Waals surface area contributed by atoms with Crippen molar-refractivity contribution in [2.75, 3.05) is 6.54 Å². The molecule has 16 heavy (non-hydrogen) atoms. The lowest BCUT2D eigenvalue weighted by atomic mass is 10.1. The number of hydrogen-bond acceptors (Lipinski definition) is 1. The molecule has 1 amide bonds. The first kappa shape index (κ1) is 12.5. The third kappa shape index (κ3) is 3.54. The Balaban J connectivity index is 2.87. The first-order valence-electron chi connectivity index (χ1n) is 5.83. The Morgan fingerprint density at radius 3 is 2.75 bits per heavy atom. The second kappa shape index (κ2) is 6.83. The molecule has 0 spiro atoms. The van der Waals surface area contributed by atoms with Gasteiger partial charge < -0.3 is 5.32 Å². The number of unbranched alkanes of at least 4 members (excludes halogenated alkanes) is 1. The van der Waals surface area contributed by atoms with Gasteiger partial charge in [0.1, 0.15) is 0 Å². The molecule has 1 aromatic carbocycles. The zero-order valence-electron chi connectivity index (χ0n) is 9.99. The van der Waals surface area contributed by atoms with Crippen LogP contribution in [0, 0.1) is 0 Å². The van der Waals surface area contributed by atoms with Crippen LogP contribution in [0.1, 0.15) is 42.6 Å². The molecule has 0 bridgehead atoms. The molecule has 0 atom stereocenters. The van der Waals surface area contributed by atoms with Crippen LogP contribution in [0.25, 0.3) is 6.08 Å². The maximum Gasteiger partial charge on any atom is 0.251 e. The molecule has 2 heteroatoms. The second-order valence-corrected chi connectivity index (χ2v) is 3.64. The largest absolute Gasteiger partial charge is 0.352 e. The number of amides is 1. The van der Waals surface area contributed by atoms with E-state index in [1.807, 2.05) is 37.3 Å². The van der Waals surface area contributed by atoms with Crippen LogP contribution in [0.3, 0.4) is 0 Å². The summed E-state index contributed by atoms with van der Waals surface area (Å²) in [5.41, 5.74) is 1.73. The maximum absolute atomic E-state index is 11.8. The summed E-state index contributed by atoms with van der Waals surface area (Å²) >= 11 is 0. The number of carbonyl (C=O) groups is 1. The highest BCUT2D eigenvalue weighted by atomic mass is 16.1. The monoisotopic (exact) mass is 217 g/mol. The molecule has 0 radical (unpaired) electrons. The van der Waals surface area contributed by atoms with Crippen molar-refractivity contribution in [3.8, 4) is 0 Å². The predicted molar refractivity (Wildman–Crippen MR) is 68.4 cm³/mol. The van der Waals surface area contributed by atoms with Crippen LogP contribution in [-0.4, -0.2) is 12.5 Å². The Bertz CT molecular complexity index is 369. The lowest BCUT2D eigenvalue weighted by Gasteiger charge is -2.05. The van der Waals surface area contributed by atoms with Gasteiger partial charge in [-0.25, -0.2) is 0 Å². The molecule has 1 N–H and O–H groups in total. The number of benzene rings is 1. The molecule has 0 unspecified atom stereocenters. The number of hydrogen-bond donors (Lipinski definition) is 1.